The van der Waals surface area contributed by atoms with E-state index in [-0.39, 0.29) is 0 Å². The van der Waals surface area contributed by atoms with E-state index >= 15 is 0 Å². The molecule has 0 fully saturated rings. The molecule has 5 heteroatoms. The van der Waals surface area contributed by atoms with E-state index in [1.54, 1.807) is 17.7 Å². The van der Waals surface area contributed by atoms with Gasteiger partial charge in [-0.15, -0.1) is 11.3 Å². The highest BCUT2D eigenvalue weighted by molar-refractivity contribution is 7.10. The zero-order valence-electron chi connectivity index (χ0n) is 13.0. The molecule has 0 radical (unpaired) electrons. The normalized spacial score (nSPS) is 12.1. The minimum atomic E-state index is 0.322. The fourth-order valence-electron chi connectivity index (χ4n) is 2.25. The van der Waals surface area contributed by atoms with E-state index in [4.69, 9.17) is 0 Å². The van der Waals surface area contributed by atoms with E-state index in [2.05, 4.69) is 58.9 Å². The van der Waals surface area contributed by atoms with Crippen LogP contribution in [-0.4, -0.2) is 16.5 Å². The molecule has 2 rings (SSSR count). The highest BCUT2D eigenvalue weighted by Gasteiger charge is 2.15. The van der Waals surface area contributed by atoms with Crippen LogP contribution in [0.25, 0.3) is 0 Å². The first kappa shape index (κ1) is 15.8. The molecule has 2 heterocycles. The Morgan fingerprint density at radius 2 is 2.00 bits per heavy atom. The zero-order chi connectivity index (χ0) is 15.1. The smallest absolute Gasteiger partial charge is 0.134 e. The van der Waals surface area contributed by atoms with Gasteiger partial charge in [-0.05, 0) is 31.2 Å². The molecule has 114 valence electrons. The van der Waals surface area contributed by atoms with Gasteiger partial charge in [-0.2, -0.15) is 0 Å². The van der Waals surface area contributed by atoms with Gasteiger partial charge in [-0.25, -0.2) is 9.97 Å². The van der Waals surface area contributed by atoms with Crippen LogP contribution in [0.5, 0.6) is 0 Å². The minimum absolute atomic E-state index is 0.322. The van der Waals surface area contributed by atoms with Gasteiger partial charge in [-0.3, -0.25) is 0 Å². The maximum Gasteiger partial charge on any atom is 0.134 e. The van der Waals surface area contributed by atoms with Crippen LogP contribution >= 0.6 is 11.3 Å². The van der Waals surface area contributed by atoms with Gasteiger partial charge in [-0.1, -0.05) is 26.3 Å². The zero-order valence-corrected chi connectivity index (χ0v) is 13.8. The fourth-order valence-corrected chi connectivity index (χ4v) is 3.06. The lowest BCUT2D eigenvalue weighted by Gasteiger charge is -2.19. The molecule has 4 nitrogen and oxygen atoms in total. The van der Waals surface area contributed by atoms with Crippen molar-refractivity contribution in [3.8, 4) is 0 Å². The van der Waals surface area contributed by atoms with Crippen molar-refractivity contribution in [2.45, 2.75) is 46.1 Å². The molecule has 0 amide bonds. The largest absolute Gasteiger partial charge is 0.370 e. The first-order valence-corrected chi connectivity index (χ1v) is 8.49. The van der Waals surface area contributed by atoms with Crippen molar-refractivity contribution in [3.63, 3.8) is 0 Å². The Hall–Kier alpha value is -1.62. The summed E-state index contributed by atoms with van der Waals surface area (Å²) in [4.78, 5) is 10.1. The number of thiophene rings is 1. The summed E-state index contributed by atoms with van der Waals surface area (Å²) in [6, 6.07) is 4.61. The van der Waals surface area contributed by atoms with Gasteiger partial charge in [0.25, 0.3) is 0 Å². The maximum absolute atomic E-state index is 4.42. The average Bonchev–Trinajstić information content (AvgIpc) is 3.01. The third kappa shape index (κ3) is 4.17. The number of anilines is 2. The van der Waals surface area contributed by atoms with Crippen molar-refractivity contribution in [1.29, 1.82) is 0 Å². The van der Waals surface area contributed by atoms with Gasteiger partial charge in [0.15, 0.2) is 0 Å². The van der Waals surface area contributed by atoms with Gasteiger partial charge in [0, 0.05) is 17.0 Å². The van der Waals surface area contributed by atoms with Gasteiger partial charge in [0.2, 0.25) is 0 Å². The summed E-state index contributed by atoms with van der Waals surface area (Å²) >= 11 is 1.79. The third-order valence-electron chi connectivity index (χ3n) is 3.40. The second kappa shape index (κ2) is 7.98. The average molecular weight is 304 g/mol. The molecule has 0 aliphatic heterocycles. The molecule has 0 bridgehead atoms. The van der Waals surface area contributed by atoms with Crippen molar-refractivity contribution >= 4 is 23.0 Å². The predicted octanol–water partition coefficient (Wildman–Crippen LogP) is 4.62. The van der Waals surface area contributed by atoms with Gasteiger partial charge < -0.3 is 10.6 Å². The molecule has 0 aliphatic carbocycles. The minimum Gasteiger partial charge on any atom is -0.370 e. The topological polar surface area (TPSA) is 49.8 Å². The van der Waals surface area contributed by atoms with Crippen LogP contribution < -0.4 is 10.6 Å². The summed E-state index contributed by atoms with van der Waals surface area (Å²) in [5.74, 6) is 1.85. The van der Waals surface area contributed by atoms with Crippen molar-refractivity contribution in [2.24, 2.45) is 0 Å². The van der Waals surface area contributed by atoms with Gasteiger partial charge in [0.05, 0.1) is 6.04 Å². The second-order valence-electron chi connectivity index (χ2n) is 5.12. The van der Waals surface area contributed by atoms with Crippen LogP contribution in [0.2, 0.25) is 0 Å². The number of rotatable bonds is 8. The Morgan fingerprint density at radius 3 is 2.67 bits per heavy atom. The van der Waals surface area contributed by atoms with Crippen LogP contribution in [0.3, 0.4) is 0 Å². The number of aromatic nitrogens is 2. The van der Waals surface area contributed by atoms with E-state index in [0.717, 1.165) is 43.0 Å². The maximum atomic E-state index is 4.42. The van der Waals surface area contributed by atoms with Crippen molar-refractivity contribution < 1.29 is 0 Å². The Morgan fingerprint density at radius 1 is 1.19 bits per heavy atom. The summed E-state index contributed by atoms with van der Waals surface area (Å²) in [6.07, 6.45) is 4.95. The quantitative estimate of drug-likeness (QED) is 0.747. The number of hydrogen-bond acceptors (Lipinski definition) is 5. The lowest BCUT2D eigenvalue weighted by molar-refractivity contribution is 0.683. The first-order chi connectivity index (χ1) is 10.3. The molecule has 1 unspecified atom stereocenters. The van der Waals surface area contributed by atoms with E-state index in [1.807, 2.05) is 0 Å². The molecule has 2 aromatic heterocycles. The summed E-state index contributed by atoms with van der Waals surface area (Å²) in [7, 11) is 0. The Kier molecular flexibility index (Phi) is 5.99. The molecule has 2 aromatic rings. The molecule has 1 atom stereocenters. The molecule has 0 saturated carbocycles. The molecule has 2 N–H and O–H groups in total. The van der Waals surface area contributed by atoms with Crippen molar-refractivity contribution in [1.82, 2.24) is 9.97 Å². The SMILES string of the molecule is CCCNc1ncnc(NC(CCC)c2cccs2)c1C. The first-order valence-electron chi connectivity index (χ1n) is 7.61. The summed E-state index contributed by atoms with van der Waals surface area (Å²) in [5, 5.41) is 9.07. The number of hydrogen-bond donors (Lipinski definition) is 2. The van der Waals surface area contributed by atoms with Gasteiger partial charge >= 0.3 is 0 Å². The summed E-state index contributed by atoms with van der Waals surface area (Å²) in [6.45, 7) is 7.36. The van der Waals surface area contributed by atoms with E-state index < -0.39 is 0 Å². The molecule has 0 saturated heterocycles. The molecular weight excluding hydrogens is 280 g/mol. The Balaban J connectivity index is 2.16. The van der Waals surface area contributed by atoms with Crippen LogP contribution in [0.15, 0.2) is 23.8 Å². The molecule has 21 heavy (non-hydrogen) atoms. The summed E-state index contributed by atoms with van der Waals surface area (Å²) in [5.41, 5.74) is 1.09. The lowest BCUT2D eigenvalue weighted by atomic mass is 10.1. The lowest BCUT2D eigenvalue weighted by Crippen LogP contribution is -2.13. The van der Waals surface area contributed by atoms with E-state index in [0.29, 0.717) is 6.04 Å². The highest BCUT2D eigenvalue weighted by atomic mass is 32.1. The van der Waals surface area contributed by atoms with Gasteiger partial charge in [0.1, 0.15) is 18.0 Å². The fraction of sp³-hybridized carbons (Fsp3) is 0.500. The Labute approximate surface area is 131 Å². The molecule has 0 aliphatic rings. The second-order valence-corrected chi connectivity index (χ2v) is 6.10. The monoisotopic (exact) mass is 304 g/mol. The molecular formula is C16H24N4S. The highest BCUT2D eigenvalue weighted by Crippen LogP contribution is 2.29. The standard InChI is InChI=1S/C16H24N4S/c1-4-7-13(14-8-6-10-21-14)20-16-12(3)15(17-9-5-2)18-11-19-16/h6,8,10-11,13H,4-5,7,9H2,1-3H3,(H2,17,18,19,20). The van der Waals surface area contributed by atoms with Crippen LogP contribution in [0.4, 0.5) is 11.6 Å². The molecule has 0 spiro atoms. The Bertz CT molecular complexity index is 539. The predicted molar refractivity (Wildman–Crippen MR) is 91.1 cm³/mol. The van der Waals surface area contributed by atoms with E-state index in [1.165, 1.54) is 4.88 Å². The summed E-state index contributed by atoms with van der Waals surface area (Å²) < 4.78 is 0. The number of nitrogens with zero attached hydrogens (tertiary/aromatic N) is 2. The number of nitrogens with one attached hydrogen (secondary N) is 2. The van der Waals surface area contributed by atoms with Crippen LogP contribution in [0, 0.1) is 6.92 Å². The third-order valence-corrected chi connectivity index (χ3v) is 4.39. The molecule has 0 aromatic carbocycles. The van der Waals surface area contributed by atoms with Crippen molar-refractivity contribution in [2.75, 3.05) is 17.2 Å². The van der Waals surface area contributed by atoms with Crippen LogP contribution in [0.1, 0.15) is 49.6 Å². The van der Waals surface area contributed by atoms with Crippen molar-refractivity contribution in [3.05, 3.63) is 34.3 Å². The van der Waals surface area contributed by atoms with E-state index in [9.17, 15) is 0 Å². The van der Waals surface area contributed by atoms with Crippen LogP contribution in [-0.2, 0) is 0 Å².